The summed E-state index contributed by atoms with van der Waals surface area (Å²) < 4.78 is 11.4. The quantitative estimate of drug-likeness (QED) is 0.805. The third-order valence-corrected chi connectivity index (χ3v) is 3.26. The van der Waals surface area contributed by atoms with Gasteiger partial charge < -0.3 is 14.8 Å². The Bertz CT molecular complexity index is 323. The van der Waals surface area contributed by atoms with Crippen molar-refractivity contribution < 1.29 is 9.47 Å². The molecule has 0 radical (unpaired) electrons. The number of likely N-dealkylation sites (N-methyl/N-ethyl adjacent to an activating group) is 1. The lowest BCUT2D eigenvalue weighted by molar-refractivity contribution is 0.0101. The minimum atomic E-state index is 0.276. The normalized spacial score (nSPS) is 21.1. The molecule has 0 aromatic heterocycles. The summed E-state index contributed by atoms with van der Waals surface area (Å²) in [5.74, 6) is 0. The second-order valence-corrected chi connectivity index (χ2v) is 4.69. The third kappa shape index (κ3) is 4.09. The first-order valence-electron chi connectivity index (χ1n) is 6.88. The molecule has 1 aromatic rings. The number of rotatable bonds is 7. The summed E-state index contributed by atoms with van der Waals surface area (Å²) in [7, 11) is 0. The molecule has 1 aromatic carbocycles. The molecule has 0 aliphatic carbocycles. The Morgan fingerprint density at radius 3 is 2.89 bits per heavy atom. The van der Waals surface area contributed by atoms with Gasteiger partial charge in [0.2, 0.25) is 0 Å². The lowest BCUT2D eigenvalue weighted by Gasteiger charge is -2.19. The van der Waals surface area contributed by atoms with Crippen LogP contribution in [0, 0.1) is 0 Å². The molecule has 1 fully saturated rings. The standard InChI is InChI=1S/C15H23NO2/c1-2-16-15(13-7-4-3-5-8-13)12-17-11-14-9-6-10-18-14/h3-5,7-8,14-16H,2,6,9-12H2,1H3. The van der Waals surface area contributed by atoms with E-state index >= 15 is 0 Å². The Morgan fingerprint density at radius 2 is 2.22 bits per heavy atom. The zero-order chi connectivity index (χ0) is 12.6. The molecule has 1 heterocycles. The Kier molecular flexibility index (Phi) is 5.65. The minimum Gasteiger partial charge on any atom is -0.377 e. The summed E-state index contributed by atoms with van der Waals surface area (Å²) in [6, 6.07) is 10.7. The molecule has 2 rings (SSSR count). The van der Waals surface area contributed by atoms with Gasteiger partial charge in [0, 0.05) is 6.61 Å². The van der Waals surface area contributed by atoms with Crippen LogP contribution in [0.5, 0.6) is 0 Å². The van der Waals surface area contributed by atoms with Crippen LogP contribution in [-0.2, 0) is 9.47 Å². The molecule has 0 spiro atoms. The monoisotopic (exact) mass is 249 g/mol. The van der Waals surface area contributed by atoms with Crippen molar-refractivity contribution in [3.05, 3.63) is 35.9 Å². The predicted octanol–water partition coefficient (Wildman–Crippen LogP) is 2.53. The van der Waals surface area contributed by atoms with Gasteiger partial charge in [-0.25, -0.2) is 0 Å². The molecule has 3 heteroatoms. The van der Waals surface area contributed by atoms with E-state index in [0.29, 0.717) is 19.3 Å². The summed E-state index contributed by atoms with van der Waals surface area (Å²) in [6.45, 7) is 5.38. The molecule has 0 saturated carbocycles. The van der Waals surface area contributed by atoms with Crippen molar-refractivity contribution in [1.82, 2.24) is 5.32 Å². The van der Waals surface area contributed by atoms with Crippen LogP contribution in [-0.4, -0.2) is 32.5 Å². The number of hydrogen-bond donors (Lipinski definition) is 1. The van der Waals surface area contributed by atoms with Crippen LogP contribution in [0.15, 0.2) is 30.3 Å². The number of ether oxygens (including phenoxy) is 2. The van der Waals surface area contributed by atoms with Crippen LogP contribution in [0.1, 0.15) is 31.4 Å². The molecular weight excluding hydrogens is 226 g/mol. The highest BCUT2D eigenvalue weighted by Crippen LogP contribution is 2.15. The van der Waals surface area contributed by atoms with Gasteiger partial charge in [-0.05, 0) is 24.9 Å². The summed E-state index contributed by atoms with van der Waals surface area (Å²) in [4.78, 5) is 0. The number of benzene rings is 1. The lowest BCUT2D eigenvalue weighted by Crippen LogP contribution is -2.27. The second-order valence-electron chi connectivity index (χ2n) is 4.69. The molecule has 1 N–H and O–H groups in total. The smallest absolute Gasteiger partial charge is 0.0809 e. The molecule has 0 bridgehead atoms. The molecule has 1 aliphatic heterocycles. The molecule has 1 saturated heterocycles. The zero-order valence-electron chi connectivity index (χ0n) is 11.1. The van der Waals surface area contributed by atoms with Gasteiger partial charge in [0.05, 0.1) is 25.4 Å². The highest BCUT2D eigenvalue weighted by atomic mass is 16.5. The van der Waals surface area contributed by atoms with Gasteiger partial charge in [0.1, 0.15) is 0 Å². The Hall–Kier alpha value is -0.900. The first-order chi connectivity index (χ1) is 8.90. The van der Waals surface area contributed by atoms with Crippen LogP contribution in [0.25, 0.3) is 0 Å². The average molecular weight is 249 g/mol. The van der Waals surface area contributed by atoms with Gasteiger partial charge in [0.25, 0.3) is 0 Å². The van der Waals surface area contributed by atoms with Gasteiger partial charge in [-0.15, -0.1) is 0 Å². The van der Waals surface area contributed by atoms with E-state index in [1.807, 2.05) is 6.07 Å². The van der Waals surface area contributed by atoms with Gasteiger partial charge in [-0.1, -0.05) is 37.3 Å². The number of hydrogen-bond acceptors (Lipinski definition) is 3. The minimum absolute atomic E-state index is 0.276. The Balaban J connectivity index is 1.79. The van der Waals surface area contributed by atoms with Crippen LogP contribution in [0.2, 0.25) is 0 Å². The number of nitrogens with one attached hydrogen (secondary N) is 1. The molecule has 1 aliphatic rings. The van der Waals surface area contributed by atoms with Crippen molar-refractivity contribution in [2.75, 3.05) is 26.4 Å². The molecule has 2 unspecified atom stereocenters. The summed E-state index contributed by atoms with van der Waals surface area (Å²) in [5.41, 5.74) is 1.28. The van der Waals surface area contributed by atoms with Crippen molar-refractivity contribution in [2.45, 2.75) is 31.9 Å². The van der Waals surface area contributed by atoms with E-state index in [1.165, 1.54) is 12.0 Å². The summed E-state index contributed by atoms with van der Waals surface area (Å²) >= 11 is 0. The van der Waals surface area contributed by atoms with E-state index in [9.17, 15) is 0 Å². The first kappa shape index (κ1) is 13.5. The van der Waals surface area contributed by atoms with E-state index in [4.69, 9.17) is 9.47 Å². The maximum absolute atomic E-state index is 5.80. The van der Waals surface area contributed by atoms with Crippen molar-refractivity contribution in [1.29, 1.82) is 0 Å². The van der Waals surface area contributed by atoms with Gasteiger partial charge in [0.15, 0.2) is 0 Å². The molecule has 3 nitrogen and oxygen atoms in total. The fourth-order valence-corrected chi connectivity index (χ4v) is 2.30. The zero-order valence-corrected chi connectivity index (χ0v) is 11.1. The molecular formula is C15H23NO2. The largest absolute Gasteiger partial charge is 0.377 e. The van der Waals surface area contributed by atoms with E-state index in [1.54, 1.807) is 0 Å². The summed E-state index contributed by atoms with van der Waals surface area (Å²) in [6.07, 6.45) is 2.61. The molecule has 100 valence electrons. The molecule has 2 atom stereocenters. The van der Waals surface area contributed by atoms with Crippen LogP contribution < -0.4 is 5.32 Å². The first-order valence-corrected chi connectivity index (χ1v) is 6.88. The highest BCUT2D eigenvalue weighted by Gasteiger charge is 2.17. The SMILES string of the molecule is CCNC(COCC1CCCO1)c1ccccc1. The van der Waals surface area contributed by atoms with Gasteiger partial charge in [-0.3, -0.25) is 0 Å². The molecule has 0 amide bonds. The Labute approximate surface area is 109 Å². The highest BCUT2D eigenvalue weighted by molar-refractivity contribution is 5.18. The van der Waals surface area contributed by atoms with Gasteiger partial charge in [-0.2, -0.15) is 0 Å². The van der Waals surface area contributed by atoms with E-state index in [2.05, 4.69) is 36.5 Å². The lowest BCUT2D eigenvalue weighted by atomic mass is 10.1. The van der Waals surface area contributed by atoms with Crippen molar-refractivity contribution in [3.63, 3.8) is 0 Å². The molecule has 18 heavy (non-hydrogen) atoms. The fraction of sp³-hybridized carbons (Fsp3) is 0.600. The van der Waals surface area contributed by atoms with E-state index in [-0.39, 0.29) is 6.04 Å². The maximum atomic E-state index is 5.80. The third-order valence-electron chi connectivity index (χ3n) is 3.26. The fourth-order valence-electron chi connectivity index (χ4n) is 2.30. The van der Waals surface area contributed by atoms with Crippen molar-refractivity contribution in [2.24, 2.45) is 0 Å². The second kappa shape index (κ2) is 7.52. The van der Waals surface area contributed by atoms with Crippen LogP contribution >= 0.6 is 0 Å². The summed E-state index contributed by atoms with van der Waals surface area (Å²) in [5, 5.41) is 3.46. The van der Waals surface area contributed by atoms with Crippen molar-refractivity contribution >= 4 is 0 Å². The topological polar surface area (TPSA) is 30.5 Å². The van der Waals surface area contributed by atoms with Crippen LogP contribution in [0.4, 0.5) is 0 Å². The predicted molar refractivity (Wildman–Crippen MR) is 72.7 cm³/mol. The maximum Gasteiger partial charge on any atom is 0.0809 e. The average Bonchev–Trinajstić information content (AvgIpc) is 2.92. The van der Waals surface area contributed by atoms with Gasteiger partial charge >= 0.3 is 0 Å². The van der Waals surface area contributed by atoms with Crippen molar-refractivity contribution in [3.8, 4) is 0 Å². The van der Waals surface area contributed by atoms with Crippen LogP contribution in [0.3, 0.4) is 0 Å². The Morgan fingerprint density at radius 1 is 1.39 bits per heavy atom. The van der Waals surface area contributed by atoms with E-state index in [0.717, 1.165) is 19.6 Å². The van der Waals surface area contributed by atoms with E-state index < -0.39 is 0 Å².